The Bertz CT molecular complexity index is 134. The van der Waals surface area contributed by atoms with E-state index in [2.05, 4.69) is 34.6 Å². The summed E-state index contributed by atoms with van der Waals surface area (Å²) >= 11 is 0. The van der Waals surface area contributed by atoms with E-state index >= 15 is 0 Å². The number of unbranched alkanes of at least 4 members (excludes halogenated alkanes) is 3. The average Bonchev–Trinajstić information content (AvgIpc) is 1.96. The maximum Gasteiger partial charge on any atom is 0.0148 e. The van der Waals surface area contributed by atoms with E-state index in [0.29, 0.717) is 0 Å². The van der Waals surface area contributed by atoms with E-state index in [0.717, 1.165) is 0 Å². The van der Waals surface area contributed by atoms with E-state index < -0.39 is 0 Å². The summed E-state index contributed by atoms with van der Waals surface area (Å²) in [7, 11) is 0. The molecule has 0 unspecified atom stereocenters. The standard InChI is InChI=1S/C12H27N.H3N/c1-6-7-8-9-10-11(2,3)12(4,5)13;/h6-10,13H2,1-5H3;1H3. The molecule has 0 fully saturated rings. The van der Waals surface area contributed by atoms with Crippen molar-refractivity contribution in [1.29, 1.82) is 0 Å². The Balaban J connectivity index is 0. The van der Waals surface area contributed by atoms with Gasteiger partial charge in [-0.25, -0.2) is 0 Å². The van der Waals surface area contributed by atoms with E-state index in [1.54, 1.807) is 0 Å². The van der Waals surface area contributed by atoms with Crippen LogP contribution in [-0.4, -0.2) is 5.54 Å². The van der Waals surface area contributed by atoms with Crippen molar-refractivity contribution in [2.45, 2.75) is 72.3 Å². The van der Waals surface area contributed by atoms with Gasteiger partial charge in [0.1, 0.15) is 0 Å². The Hall–Kier alpha value is -0.0800. The predicted molar refractivity (Wildman–Crippen MR) is 65.8 cm³/mol. The van der Waals surface area contributed by atoms with Crippen molar-refractivity contribution in [2.75, 3.05) is 0 Å². The molecule has 0 atom stereocenters. The summed E-state index contributed by atoms with van der Waals surface area (Å²) < 4.78 is 0. The largest absolute Gasteiger partial charge is 0.344 e. The van der Waals surface area contributed by atoms with Crippen LogP contribution in [0.5, 0.6) is 0 Å². The van der Waals surface area contributed by atoms with Gasteiger partial charge in [0, 0.05) is 5.54 Å². The number of rotatable bonds is 6. The first-order valence-corrected chi connectivity index (χ1v) is 5.60. The fourth-order valence-corrected chi connectivity index (χ4v) is 1.32. The molecule has 0 amide bonds. The molecule has 0 saturated heterocycles. The van der Waals surface area contributed by atoms with Crippen LogP contribution < -0.4 is 11.9 Å². The maximum absolute atomic E-state index is 6.13. The lowest BCUT2D eigenvalue weighted by atomic mass is 9.72. The van der Waals surface area contributed by atoms with Crippen molar-refractivity contribution in [3.63, 3.8) is 0 Å². The SMILES string of the molecule is CCCCCCC(C)(C)C(C)(C)N.N. The summed E-state index contributed by atoms with van der Waals surface area (Å²) in [5, 5.41) is 0. The van der Waals surface area contributed by atoms with Gasteiger partial charge in [0.15, 0.2) is 0 Å². The minimum absolute atomic E-state index is 0. The quantitative estimate of drug-likeness (QED) is 0.642. The van der Waals surface area contributed by atoms with Crippen LogP contribution in [0.25, 0.3) is 0 Å². The molecule has 0 rings (SSSR count). The number of nitrogens with two attached hydrogens (primary N) is 1. The molecule has 2 nitrogen and oxygen atoms in total. The van der Waals surface area contributed by atoms with Crippen LogP contribution in [0.1, 0.15) is 66.7 Å². The minimum Gasteiger partial charge on any atom is -0.344 e. The molecule has 2 heteroatoms. The lowest BCUT2D eigenvalue weighted by Gasteiger charge is -2.38. The summed E-state index contributed by atoms with van der Waals surface area (Å²) in [6.45, 7) is 11.1. The maximum atomic E-state index is 6.13. The molecule has 0 saturated carbocycles. The van der Waals surface area contributed by atoms with E-state index in [4.69, 9.17) is 5.73 Å². The van der Waals surface area contributed by atoms with Crippen LogP contribution in [0.4, 0.5) is 0 Å². The van der Waals surface area contributed by atoms with Gasteiger partial charge in [-0.05, 0) is 25.7 Å². The summed E-state index contributed by atoms with van der Waals surface area (Å²) in [4.78, 5) is 0. The van der Waals surface area contributed by atoms with Gasteiger partial charge in [0.25, 0.3) is 0 Å². The first-order valence-electron chi connectivity index (χ1n) is 5.60. The predicted octanol–water partition coefficient (Wildman–Crippen LogP) is 3.88. The Labute approximate surface area is 90.2 Å². The summed E-state index contributed by atoms with van der Waals surface area (Å²) in [5.74, 6) is 0. The van der Waals surface area contributed by atoms with Gasteiger partial charge in [0.2, 0.25) is 0 Å². The highest BCUT2D eigenvalue weighted by Crippen LogP contribution is 2.33. The molecule has 0 aliphatic rings. The van der Waals surface area contributed by atoms with Crippen molar-refractivity contribution in [3.05, 3.63) is 0 Å². The second-order valence-electron chi connectivity index (χ2n) is 5.42. The fraction of sp³-hybridized carbons (Fsp3) is 1.00. The first kappa shape index (κ1) is 16.4. The smallest absolute Gasteiger partial charge is 0.0148 e. The van der Waals surface area contributed by atoms with E-state index in [-0.39, 0.29) is 17.1 Å². The van der Waals surface area contributed by atoms with Crippen molar-refractivity contribution < 1.29 is 0 Å². The van der Waals surface area contributed by atoms with Crippen LogP contribution in [-0.2, 0) is 0 Å². The second-order valence-corrected chi connectivity index (χ2v) is 5.42. The Kier molecular flexibility index (Phi) is 7.49. The molecular weight excluding hydrogens is 172 g/mol. The molecule has 0 radical (unpaired) electrons. The zero-order chi connectivity index (χ0) is 10.5. The molecule has 0 aromatic heterocycles. The molecule has 0 aliphatic carbocycles. The minimum atomic E-state index is -0.0563. The summed E-state index contributed by atoms with van der Waals surface area (Å²) in [5.41, 5.74) is 6.34. The van der Waals surface area contributed by atoms with Gasteiger partial charge < -0.3 is 11.9 Å². The number of hydrogen-bond acceptors (Lipinski definition) is 2. The molecule has 88 valence electrons. The van der Waals surface area contributed by atoms with E-state index in [1.165, 1.54) is 32.1 Å². The summed E-state index contributed by atoms with van der Waals surface area (Å²) in [6.07, 6.45) is 6.60. The normalized spacial score (nSPS) is 12.4. The van der Waals surface area contributed by atoms with Crippen LogP contribution in [0.15, 0.2) is 0 Å². The first-order chi connectivity index (χ1) is 5.81. The Morgan fingerprint density at radius 3 is 1.79 bits per heavy atom. The van der Waals surface area contributed by atoms with Gasteiger partial charge in [-0.1, -0.05) is 46.5 Å². The van der Waals surface area contributed by atoms with E-state index in [1.807, 2.05) is 0 Å². The van der Waals surface area contributed by atoms with Crippen molar-refractivity contribution in [2.24, 2.45) is 11.1 Å². The molecule has 0 aliphatic heterocycles. The van der Waals surface area contributed by atoms with Gasteiger partial charge in [-0.3, -0.25) is 0 Å². The average molecular weight is 202 g/mol. The van der Waals surface area contributed by atoms with E-state index in [9.17, 15) is 0 Å². The Morgan fingerprint density at radius 2 is 1.43 bits per heavy atom. The molecule has 0 spiro atoms. The molecule has 0 aromatic rings. The zero-order valence-corrected chi connectivity index (χ0v) is 10.8. The summed E-state index contributed by atoms with van der Waals surface area (Å²) in [6, 6.07) is 0. The third kappa shape index (κ3) is 5.61. The lowest BCUT2D eigenvalue weighted by Crippen LogP contribution is -2.47. The van der Waals surface area contributed by atoms with Crippen molar-refractivity contribution in [1.82, 2.24) is 6.15 Å². The van der Waals surface area contributed by atoms with Crippen molar-refractivity contribution >= 4 is 0 Å². The van der Waals surface area contributed by atoms with Crippen LogP contribution in [0.2, 0.25) is 0 Å². The monoisotopic (exact) mass is 202 g/mol. The molecule has 0 aromatic carbocycles. The highest BCUT2D eigenvalue weighted by Gasteiger charge is 2.32. The van der Waals surface area contributed by atoms with Gasteiger partial charge >= 0.3 is 0 Å². The topological polar surface area (TPSA) is 61.0 Å². The Morgan fingerprint density at radius 1 is 0.929 bits per heavy atom. The zero-order valence-electron chi connectivity index (χ0n) is 10.8. The molecule has 0 heterocycles. The van der Waals surface area contributed by atoms with Crippen LogP contribution >= 0.6 is 0 Å². The van der Waals surface area contributed by atoms with Crippen LogP contribution in [0, 0.1) is 5.41 Å². The highest BCUT2D eigenvalue weighted by molar-refractivity contribution is 4.89. The van der Waals surface area contributed by atoms with Crippen molar-refractivity contribution in [3.8, 4) is 0 Å². The fourth-order valence-electron chi connectivity index (χ4n) is 1.32. The molecule has 14 heavy (non-hydrogen) atoms. The second kappa shape index (κ2) is 6.41. The molecule has 0 bridgehead atoms. The lowest BCUT2D eigenvalue weighted by molar-refractivity contribution is 0.180. The third-order valence-corrected chi connectivity index (χ3v) is 3.40. The van der Waals surface area contributed by atoms with Gasteiger partial charge in [0.05, 0.1) is 0 Å². The molecular formula is C12H30N2. The van der Waals surface area contributed by atoms with Gasteiger partial charge in [-0.15, -0.1) is 0 Å². The molecule has 5 N–H and O–H groups in total. The number of hydrogen-bond donors (Lipinski definition) is 2. The van der Waals surface area contributed by atoms with Crippen LogP contribution in [0.3, 0.4) is 0 Å². The third-order valence-electron chi connectivity index (χ3n) is 3.40. The van der Waals surface area contributed by atoms with Gasteiger partial charge in [-0.2, -0.15) is 0 Å². The highest BCUT2D eigenvalue weighted by atomic mass is 14.7.